The van der Waals surface area contributed by atoms with Gasteiger partial charge in [-0.1, -0.05) is 25.1 Å². The molecule has 0 aliphatic rings. The van der Waals surface area contributed by atoms with Crippen LogP contribution >= 0.6 is 0 Å². The molecule has 1 rings (SSSR count). The van der Waals surface area contributed by atoms with Gasteiger partial charge in [0.25, 0.3) is 0 Å². The summed E-state index contributed by atoms with van der Waals surface area (Å²) in [6.45, 7) is 1.95. The van der Waals surface area contributed by atoms with Gasteiger partial charge in [-0.3, -0.25) is 9.79 Å². The zero-order valence-electron chi connectivity index (χ0n) is 10.9. The normalized spacial score (nSPS) is 13.3. The molecule has 19 heavy (non-hydrogen) atoms. The van der Waals surface area contributed by atoms with Crippen LogP contribution in [0.15, 0.2) is 29.3 Å². The molecule has 0 aliphatic carbocycles. The summed E-state index contributed by atoms with van der Waals surface area (Å²) in [4.78, 5) is 15.7. The zero-order valence-corrected chi connectivity index (χ0v) is 12.3. The van der Waals surface area contributed by atoms with Crippen LogP contribution in [0.4, 0.5) is 10.1 Å². The van der Waals surface area contributed by atoms with Gasteiger partial charge in [0.2, 0.25) is 0 Å². The van der Waals surface area contributed by atoms with Crippen LogP contribution in [0, 0.1) is 23.1 Å². The highest BCUT2D eigenvalue weighted by atomic mass is 28.2. The average Bonchev–Trinajstić information content (AvgIpc) is 2.42. The average molecular weight is 278 g/mol. The van der Waals surface area contributed by atoms with Gasteiger partial charge >= 0.3 is 5.97 Å². The number of carbonyl (C=O) groups excluding carboxylic acids is 1. The summed E-state index contributed by atoms with van der Waals surface area (Å²) < 4.78 is 18.1. The first kappa shape index (κ1) is 15.1. The molecule has 4 nitrogen and oxygen atoms in total. The van der Waals surface area contributed by atoms with Crippen molar-refractivity contribution in [3.8, 4) is 6.07 Å². The summed E-state index contributed by atoms with van der Waals surface area (Å²) in [5.41, 5.74) is 0.155. The summed E-state index contributed by atoms with van der Waals surface area (Å²) in [6.07, 6.45) is 0. The van der Waals surface area contributed by atoms with E-state index in [-0.39, 0.29) is 5.69 Å². The first-order valence-electron chi connectivity index (χ1n) is 5.93. The fourth-order valence-corrected chi connectivity index (χ4v) is 2.94. The van der Waals surface area contributed by atoms with Crippen molar-refractivity contribution in [2.75, 3.05) is 7.11 Å². The number of methoxy groups -OCH3 is 1. The van der Waals surface area contributed by atoms with Crippen LogP contribution < -0.4 is 0 Å². The Morgan fingerprint density at radius 3 is 2.79 bits per heavy atom. The van der Waals surface area contributed by atoms with Crippen molar-refractivity contribution in [1.29, 1.82) is 5.26 Å². The molecular formula is C13H15FN2O2Si. The van der Waals surface area contributed by atoms with Crippen molar-refractivity contribution in [3.05, 3.63) is 30.1 Å². The number of ether oxygens (including phenoxy) is 1. The van der Waals surface area contributed by atoms with Crippen molar-refractivity contribution < 1.29 is 13.9 Å². The van der Waals surface area contributed by atoms with Crippen LogP contribution in [0.5, 0.6) is 0 Å². The Morgan fingerprint density at radius 2 is 2.26 bits per heavy atom. The molecule has 0 spiro atoms. The fraction of sp³-hybridized carbons (Fsp3) is 0.308. The van der Waals surface area contributed by atoms with E-state index in [2.05, 4.69) is 9.73 Å². The minimum absolute atomic E-state index is 0.155. The van der Waals surface area contributed by atoms with E-state index in [0.29, 0.717) is 5.33 Å². The Bertz CT molecular complexity index is 526. The maximum Gasteiger partial charge on any atom is 0.328 e. The number of aliphatic imine (C=N–C) groups is 1. The standard InChI is InChI=1S/C13H15FN2O2Si/c1-3-19-12(9(8-15)13(17)18-2)16-11-7-5-4-6-10(11)14/h4-7,9H,3,19H2,1-2H3. The van der Waals surface area contributed by atoms with Gasteiger partial charge in [-0.15, -0.1) is 0 Å². The summed E-state index contributed by atoms with van der Waals surface area (Å²) in [5, 5.41) is 9.53. The van der Waals surface area contributed by atoms with E-state index in [0.717, 1.165) is 6.04 Å². The predicted molar refractivity (Wildman–Crippen MR) is 73.6 cm³/mol. The highest BCUT2D eigenvalue weighted by Crippen LogP contribution is 2.18. The lowest BCUT2D eigenvalue weighted by molar-refractivity contribution is -0.141. The summed E-state index contributed by atoms with van der Waals surface area (Å²) >= 11 is 0. The Labute approximate surface area is 113 Å². The molecule has 100 valence electrons. The van der Waals surface area contributed by atoms with Crippen LogP contribution in [0.2, 0.25) is 6.04 Å². The molecule has 1 aromatic carbocycles. The van der Waals surface area contributed by atoms with Gasteiger partial charge in [-0.05, 0) is 12.1 Å². The number of para-hydroxylation sites is 1. The maximum absolute atomic E-state index is 13.5. The Hall–Kier alpha value is -2.00. The van der Waals surface area contributed by atoms with E-state index in [1.165, 1.54) is 19.2 Å². The van der Waals surface area contributed by atoms with Gasteiger partial charge < -0.3 is 4.74 Å². The van der Waals surface area contributed by atoms with E-state index in [9.17, 15) is 9.18 Å². The first-order chi connectivity index (χ1) is 9.13. The topological polar surface area (TPSA) is 62.5 Å². The van der Waals surface area contributed by atoms with Crippen LogP contribution in [-0.2, 0) is 9.53 Å². The first-order valence-corrected chi connectivity index (χ1v) is 7.64. The highest BCUT2D eigenvalue weighted by Gasteiger charge is 2.24. The van der Waals surface area contributed by atoms with Crippen molar-refractivity contribution in [2.45, 2.75) is 13.0 Å². The van der Waals surface area contributed by atoms with Crippen molar-refractivity contribution in [1.82, 2.24) is 0 Å². The van der Waals surface area contributed by atoms with Crippen molar-refractivity contribution >= 4 is 26.5 Å². The largest absolute Gasteiger partial charge is 0.468 e. The Balaban J connectivity index is 3.16. The number of halogens is 1. The van der Waals surface area contributed by atoms with E-state index in [4.69, 9.17) is 5.26 Å². The molecule has 0 aliphatic heterocycles. The molecule has 1 atom stereocenters. The number of nitriles is 1. The quantitative estimate of drug-likeness (QED) is 0.468. The monoisotopic (exact) mass is 278 g/mol. The van der Waals surface area contributed by atoms with Gasteiger partial charge in [-0.25, -0.2) is 4.39 Å². The SMILES string of the molecule is CC[SiH2]C(=Nc1ccccc1F)C(C#N)C(=O)OC. The van der Waals surface area contributed by atoms with Gasteiger partial charge in [-0.2, -0.15) is 5.26 Å². The lowest BCUT2D eigenvalue weighted by Crippen LogP contribution is -2.28. The second-order valence-electron chi connectivity index (χ2n) is 3.89. The summed E-state index contributed by atoms with van der Waals surface area (Å²) in [6, 6.07) is 8.76. The number of hydrogen-bond donors (Lipinski definition) is 0. The highest BCUT2D eigenvalue weighted by molar-refractivity contribution is 6.77. The van der Waals surface area contributed by atoms with E-state index in [1.807, 2.05) is 13.0 Å². The molecule has 1 aromatic rings. The zero-order chi connectivity index (χ0) is 14.3. The number of rotatable bonds is 5. The number of nitrogens with zero attached hydrogens (tertiary/aromatic N) is 2. The van der Waals surface area contributed by atoms with Gasteiger partial charge in [0, 0.05) is 5.33 Å². The molecule has 0 N–H and O–H groups in total. The Morgan fingerprint density at radius 1 is 1.58 bits per heavy atom. The number of carbonyl (C=O) groups is 1. The van der Waals surface area contributed by atoms with Crippen LogP contribution in [0.25, 0.3) is 0 Å². The second-order valence-corrected chi connectivity index (χ2v) is 6.11. The molecule has 0 bridgehead atoms. The maximum atomic E-state index is 13.5. The molecule has 0 radical (unpaired) electrons. The third kappa shape index (κ3) is 4.00. The smallest absolute Gasteiger partial charge is 0.328 e. The lowest BCUT2D eigenvalue weighted by atomic mass is 10.2. The van der Waals surface area contributed by atoms with Gasteiger partial charge in [0.05, 0.1) is 28.4 Å². The molecule has 0 aromatic heterocycles. The summed E-state index contributed by atoms with van der Waals surface area (Å²) in [7, 11) is 0.348. The predicted octanol–water partition coefficient (Wildman–Crippen LogP) is 1.78. The lowest BCUT2D eigenvalue weighted by Gasteiger charge is -2.10. The van der Waals surface area contributed by atoms with Gasteiger partial charge in [0.1, 0.15) is 5.82 Å². The third-order valence-corrected chi connectivity index (χ3v) is 4.10. The number of benzene rings is 1. The van der Waals surface area contributed by atoms with Crippen LogP contribution in [0.3, 0.4) is 0 Å². The molecule has 0 saturated heterocycles. The molecule has 0 heterocycles. The fourth-order valence-electron chi connectivity index (χ4n) is 1.60. The molecule has 1 unspecified atom stereocenters. The van der Waals surface area contributed by atoms with Gasteiger partial charge in [0.15, 0.2) is 5.92 Å². The van der Waals surface area contributed by atoms with Crippen molar-refractivity contribution in [2.24, 2.45) is 10.9 Å². The molecule has 0 amide bonds. The molecular weight excluding hydrogens is 263 g/mol. The number of hydrogen-bond acceptors (Lipinski definition) is 4. The molecule has 0 fully saturated rings. The van der Waals surface area contributed by atoms with E-state index < -0.39 is 27.2 Å². The minimum Gasteiger partial charge on any atom is -0.468 e. The van der Waals surface area contributed by atoms with Crippen LogP contribution in [-0.4, -0.2) is 27.9 Å². The Kier molecular flexibility index (Phi) is 5.89. The van der Waals surface area contributed by atoms with Crippen molar-refractivity contribution in [3.63, 3.8) is 0 Å². The summed E-state index contributed by atoms with van der Waals surface area (Å²) in [5.74, 6) is -2.14. The molecule has 0 saturated carbocycles. The third-order valence-electron chi connectivity index (χ3n) is 2.52. The van der Waals surface area contributed by atoms with E-state index in [1.54, 1.807) is 12.1 Å². The minimum atomic E-state index is -1.03. The van der Waals surface area contributed by atoms with Crippen LogP contribution in [0.1, 0.15) is 6.92 Å². The number of esters is 1. The second kappa shape index (κ2) is 7.44. The molecule has 6 heteroatoms. The van der Waals surface area contributed by atoms with E-state index >= 15 is 0 Å².